The van der Waals surface area contributed by atoms with Gasteiger partial charge in [0.05, 0.1) is 10.6 Å². The number of anilines is 1. The molecule has 0 aliphatic rings. The van der Waals surface area contributed by atoms with Gasteiger partial charge in [0.1, 0.15) is 0 Å². The van der Waals surface area contributed by atoms with Crippen LogP contribution in [0.5, 0.6) is 0 Å². The van der Waals surface area contributed by atoms with Crippen LogP contribution in [0, 0.1) is 15.5 Å². The molecule has 2 aromatic carbocycles. The highest BCUT2D eigenvalue weighted by Crippen LogP contribution is 2.26. The number of nitro benzene ring substituents is 1. The fourth-order valence-corrected chi connectivity index (χ4v) is 2.32. The lowest BCUT2D eigenvalue weighted by Crippen LogP contribution is -2.18. The van der Waals surface area contributed by atoms with Crippen molar-refractivity contribution in [1.29, 1.82) is 0 Å². The molecule has 0 bridgehead atoms. The summed E-state index contributed by atoms with van der Waals surface area (Å²) in [5.74, 6) is 0. The van der Waals surface area contributed by atoms with E-state index in [-0.39, 0.29) is 11.1 Å². The molecule has 2 aromatic rings. The number of hydrogen-bond acceptors (Lipinski definition) is 4. The standard InChI is InChI=1S/C20H21N3O2/c1-4-17(14-16-8-6-5-7-9-16)20(2,3)15-21-22-18-10-12-19(13-11-18)23(24)25/h5-13,15,22H,1,14H2,2-3H3/b21-15+. The number of allylic oxidation sites excluding steroid dienone is 1. The molecule has 0 aromatic heterocycles. The van der Waals surface area contributed by atoms with Gasteiger partial charge in [-0.15, -0.1) is 5.73 Å². The highest BCUT2D eigenvalue weighted by atomic mass is 16.6. The summed E-state index contributed by atoms with van der Waals surface area (Å²) in [5, 5.41) is 14.9. The maximum absolute atomic E-state index is 10.7. The number of hydrogen-bond donors (Lipinski definition) is 1. The largest absolute Gasteiger partial charge is 0.279 e. The summed E-state index contributed by atoms with van der Waals surface area (Å²) in [6, 6.07) is 16.3. The van der Waals surface area contributed by atoms with Crippen molar-refractivity contribution in [3.8, 4) is 0 Å². The van der Waals surface area contributed by atoms with Gasteiger partial charge in [-0.2, -0.15) is 5.10 Å². The molecule has 0 radical (unpaired) electrons. The van der Waals surface area contributed by atoms with Crippen LogP contribution < -0.4 is 5.43 Å². The normalized spacial score (nSPS) is 11.1. The summed E-state index contributed by atoms with van der Waals surface area (Å²) in [6.45, 7) is 7.90. The second-order valence-electron chi connectivity index (χ2n) is 6.21. The van der Waals surface area contributed by atoms with Gasteiger partial charge in [0, 0.05) is 30.2 Å². The van der Waals surface area contributed by atoms with Gasteiger partial charge >= 0.3 is 0 Å². The molecule has 25 heavy (non-hydrogen) atoms. The zero-order valence-corrected chi connectivity index (χ0v) is 14.4. The Morgan fingerprint density at radius 3 is 2.44 bits per heavy atom. The molecular formula is C20H21N3O2. The van der Waals surface area contributed by atoms with Crippen LogP contribution in [0.25, 0.3) is 0 Å². The van der Waals surface area contributed by atoms with Gasteiger partial charge in [0.25, 0.3) is 5.69 Å². The average molecular weight is 335 g/mol. The third-order valence-corrected chi connectivity index (χ3v) is 3.87. The molecule has 1 N–H and O–H groups in total. The SMILES string of the molecule is C=C=C(Cc1ccccc1)C(C)(C)/C=N/Nc1ccc([N+](=O)[O-])cc1. The van der Waals surface area contributed by atoms with E-state index in [9.17, 15) is 10.1 Å². The molecule has 0 unspecified atom stereocenters. The Kier molecular flexibility index (Phi) is 5.88. The van der Waals surface area contributed by atoms with Gasteiger partial charge < -0.3 is 0 Å². The summed E-state index contributed by atoms with van der Waals surface area (Å²) in [7, 11) is 0. The topological polar surface area (TPSA) is 67.5 Å². The summed E-state index contributed by atoms with van der Waals surface area (Å²) >= 11 is 0. The third-order valence-electron chi connectivity index (χ3n) is 3.87. The lowest BCUT2D eigenvalue weighted by Gasteiger charge is -2.22. The van der Waals surface area contributed by atoms with E-state index in [0.717, 1.165) is 12.0 Å². The van der Waals surface area contributed by atoms with Crippen molar-refractivity contribution in [3.05, 3.63) is 88.2 Å². The summed E-state index contributed by atoms with van der Waals surface area (Å²) < 4.78 is 0. The predicted octanol–water partition coefficient (Wildman–Crippen LogP) is 4.97. The van der Waals surface area contributed by atoms with E-state index < -0.39 is 4.92 Å². The van der Waals surface area contributed by atoms with Gasteiger partial charge in [-0.3, -0.25) is 15.5 Å². The second-order valence-corrected chi connectivity index (χ2v) is 6.21. The molecule has 0 heterocycles. The Bertz CT molecular complexity index is 803. The number of hydrazone groups is 1. The van der Waals surface area contributed by atoms with Crippen LogP contribution in [-0.2, 0) is 6.42 Å². The Labute approximate surface area is 147 Å². The van der Waals surface area contributed by atoms with Crippen LogP contribution in [0.4, 0.5) is 11.4 Å². The van der Waals surface area contributed by atoms with Crippen molar-refractivity contribution >= 4 is 17.6 Å². The number of nitrogens with one attached hydrogen (secondary N) is 1. The van der Waals surface area contributed by atoms with Gasteiger partial charge in [0.2, 0.25) is 0 Å². The summed E-state index contributed by atoms with van der Waals surface area (Å²) in [6.07, 6.45) is 2.55. The number of rotatable bonds is 7. The molecule has 2 rings (SSSR count). The first kappa shape index (κ1) is 18.2. The molecule has 0 aliphatic heterocycles. The smallest absolute Gasteiger partial charge is 0.269 e. The average Bonchev–Trinajstić information content (AvgIpc) is 2.60. The molecule has 0 aliphatic carbocycles. The van der Waals surface area contributed by atoms with Gasteiger partial charge in [-0.05, 0) is 23.3 Å². The van der Waals surface area contributed by atoms with E-state index in [1.54, 1.807) is 18.3 Å². The minimum absolute atomic E-state index is 0.0506. The van der Waals surface area contributed by atoms with Crippen molar-refractivity contribution in [2.75, 3.05) is 5.43 Å². The minimum atomic E-state index is -0.430. The molecule has 5 nitrogen and oxygen atoms in total. The lowest BCUT2D eigenvalue weighted by atomic mass is 9.82. The van der Waals surface area contributed by atoms with Crippen molar-refractivity contribution in [2.24, 2.45) is 10.5 Å². The van der Waals surface area contributed by atoms with Crippen molar-refractivity contribution in [3.63, 3.8) is 0 Å². The Balaban J connectivity index is 2.04. The molecule has 0 atom stereocenters. The van der Waals surface area contributed by atoms with Crippen molar-refractivity contribution in [1.82, 2.24) is 0 Å². The first-order chi connectivity index (χ1) is 11.9. The lowest BCUT2D eigenvalue weighted by molar-refractivity contribution is -0.384. The van der Waals surface area contributed by atoms with Crippen molar-refractivity contribution < 1.29 is 4.92 Å². The third kappa shape index (κ3) is 5.16. The van der Waals surface area contributed by atoms with E-state index in [4.69, 9.17) is 0 Å². The molecule has 0 fully saturated rings. The van der Waals surface area contributed by atoms with Crippen LogP contribution in [0.2, 0.25) is 0 Å². The number of nitro groups is 1. The maximum Gasteiger partial charge on any atom is 0.269 e. The monoisotopic (exact) mass is 335 g/mol. The Morgan fingerprint density at radius 1 is 1.24 bits per heavy atom. The van der Waals surface area contributed by atoms with Gasteiger partial charge in [-0.1, -0.05) is 50.8 Å². The highest BCUT2D eigenvalue weighted by Gasteiger charge is 2.21. The number of nitrogens with zero attached hydrogens (tertiary/aromatic N) is 2. The molecule has 0 amide bonds. The first-order valence-corrected chi connectivity index (χ1v) is 7.90. The molecule has 0 saturated carbocycles. The van der Waals surface area contributed by atoms with Crippen LogP contribution >= 0.6 is 0 Å². The maximum atomic E-state index is 10.7. The fraction of sp³-hybridized carbons (Fsp3) is 0.200. The van der Waals surface area contributed by atoms with Crippen LogP contribution in [0.15, 0.2) is 77.6 Å². The Hall–Kier alpha value is -3.17. The van der Waals surface area contributed by atoms with E-state index in [0.29, 0.717) is 5.69 Å². The Morgan fingerprint density at radius 2 is 1.88 bits per heavy atom. The zero-order valence-electron chi connectivity index (χ0n) is 14.4. The summed E-state index contributed by atoms with van der Waals surface area (Å²) in [5.41, 5.74) is 8.56. The van der Waals surface area contributed by atoms with Crippen LogP contribution in [0.3, 0.4) is 0 Å². The van der Waals surface area contributed by atoms with Crippen LogP contribution in [0.1, 0.15) is 19.4 Å². The van der Waals surface area contributed by atoms with E-state index in [1.807, 2.05) is 32.0 Å². The molecule has 5 heteroatoms. The molecular weight excluding hydrogens is 314 g/mol. The number of non-ortho nitro benzene ring substituents is 1. The molecule has 0 saturated heterocycles. The second kappa shape index (κ2) is 8.08. The van der Waals surface area contributed by atoms with Crippen LogP contribution in [-0.4, -0.2) is 11.1 Å². The minimum Gasteiger partial charge on any atom is -0.279 e. The molecule has 0 spiro atoms. The highest BCUT2D eigenvalue weighted by molar-refractivity contribution is 5.70. The van der Waals surface area contributed by atoms with Gasteiger partial charge in [-0.25, -0.2) is 0 Å². The summed E-state index contributed by atoms with van der Waals surface area (Å²) in [4.78, 5) is 10.2. The predicted molar refractivity (Wildman–Crippen MR) is 102 cm³/mol. The molecule has 128 valence electrons. The van der Waals surface area contributed by atoms with E-state index >= 15 is 0 Å². The quantitative estimate of drug-likeness (QED) is 0.336. The first-order valence-electron chi connectivity index (χ1n) is 7.90. The fourth-order valence-electron chi connectivity index (χ4n) is 2.32. The van der Waals surface area contributed by atoms with Crippen molar-refractivity contribution in [2.45, 2.75) is 20.3 Å². The van der Waals surface area contributed by atoms with E-state index in [2.05, 4.69) is 35.0 Å². The number of benzene rings is 2. The zero-order chi connectivity index (χ0) is 18.3. The van der Waals surface area contributed by atoms with Gasteiger partial charge in [0.15, 0.2) is 0 Å². The van der Waals surface area contributed by atoms with E-state index in [1.165, 1.54) is 17.7 Å².